The van der Waals surface area contributed by atoms with Gasteiger partial charge in [-0.1, -0.05) is 76.9 Å². The summed E-state index contributed by atoms with van der Waals surface area (Å²) >= 11 is 1.57. The van der Waals surface area contributed by atoms with Gasteiger partial charge in [0.05, 0.1) is 6.04 Å². The molecule has 29 heavy (non-hydrogen) atoms. The number of nitrogens with one attached hydrogen (secondary N) is 1. The summed E-state index contributed by atoms with van der Waals surface area (Å²) < 4.78 is 1.96. The van der Waals surface area contributed by atoms with E-state index in [2.05, 4.69) is 66.7 Å². The number of benzene rings is 1. The number of anilines is 1. The molecule has 0 spiro atoms. The Bertz CT molecular complexity index is 785. The predicted octanol–water partition coefficient (Wildman–Crippen LogP) is 5.55. The minimum atomic E-state index is 0.0455. The van der Waals surface area contributed by atoms with Crippen molar-refractivity contribution in [1.29, 1.82) is 0 Å². The van der Waals surface area contributed by atoms with E-state index >= 15 is 0 Å². The number of carbonyl (C=O) groups excluding carboxylic acids is 1. The first-order valence-electron chi connectivity index (χ1n) is 10.8. The van der Waals surface area contributed by atoms with Crippen molar-refractivity contribution >= 4 is 23.4 Å². The van der Waals surface area contributed by atoms with Gasteiger partial charge in [0.15, 0.2) is 0 Å². The Morgan fingerprint density at radius 1 is 1.14 bits per heavy atom. The van der Waals surface area contributed by atoms with Crippen molar-refractivity contribution in [3.05, 3.63) is 29.3 Å². The molecule has 158 valence electrons. The maximum atomic E-state index is 12.7. The minimum absolute atomic E-state index is 0.0455. The Morgan fingerprint density at radius 2 is 1.79 bits per heavy atom. The van der Waals surface area contributed by atoms with Crippen LogP contribution < -0.4 is 5.32 Å². The van der Waals surface area contributed by atoms with Crippen LogP contribution in [0.1, 0.15) is 95.2 Å². The summed E-state index contributed by atoms with van der Waals surface area (Å²) in [5, 5.41) is 16.3. The third-order valence-electron chi connectivity index (χ3n) is 5.58. The zero-order valence-corrected chi connectivity index (χ0v) is 18.8. The largest absolute Gasteiger partial charge is 0.326 e. The van der Waals surface area contributed by atoms with Gasteiger partial charge in [0.25, 0.3) is 0 Å². The number of hydrogen-bond donors (Lipinski definition) is 1. The molecule has 1 aromatic carbocycles. The second-order valence-corrected chi connectivity index (χ2v) is 9.53. The lowest BCUT2D eigenvalue weighted by Gasteiger charge is -2.22. The van der Waals surface area contributed by atoms with Crippen LogP contribution in [-0.2, 0) is 4.79 Å². The van der Waals surface area contributed by atoms with Crippen LogP contribution in [0.2, 0.25) is 0 Å². The summed E-state index contributed by atoms with van der Waals surface area (Å²) in [7, 11) is 0. The molecule has 1 aliphatic rings. The van der Waals surface area contributed by atoms with E-state index in [1.165, 1.54) is 30.4 Å². The van der Waals surface area contributed by atoms with E-state index in [0.29, 0.717) is 30.1 Å². The van der Waals surface area contributed by atoms with Gasteiger partial charge in [0.2, 0.25) is 11.1 Å². The fraction of sp³-hybridized carbons (Fsp3) is 0.636. The molecule has 1 amide bonds. The lowest BCUT2D eigenvalue weighted by molar-refractivity contribution is -0.115. The quantitative estimate of drug-likeness (QED) is 0.573. The van der Waals surface area contributed by atoms with E-state index in [1.807, 2.05) is 4.68 Å². The maximum absolute atomic E-state index is 12.7. The molecule has 1 aliphatic carbocycles. The van der Waals surface area contributed by atoms with Crippen molar-refractivity contribution in [2.45, 2.75) is 89.3 Å². The molecule has 1 aromatic heterocycles. The van der Waals surface area contributed by atoms with Gasteiger partial charge in [-0.2, -0.15) is 0 Å². The van der Waals surface area contributed by atoms with Crippen molar-refractivity contribution in [3.63, 3.8) is 0 Å². The molecule has 0 atom stereocenters. The molecule has 0 aliphatic heterocycles. The van der Waals surface area contributed by atoms with Crippen LogP contribution in [0.5, 0.6) is 0 Å². The van der Waals surface area contributed by atoms with Gasteiger partial charge >= 0.3 is 0 Å². The number of aromatic nitrogens is 4. The third-order valence-corrected chi connectivity index (χ3v) is 6.52. The van der Waals surface area contributed by atoms with Crippen molar-refractivity contribution in [3.8, 4) is 0 Å². The molecule has 6 nitrogen and oxygen atoms in total. The average Bonchev–Trinajstić information content (AvgIpc) is 3.17. The maximum Gasteiger partial charge on any atom is 0.225 e. The highest BCUT2D eigenvalue weighted by Crippen LogP contribution is 2.33. The van der Waals surface area contributed by atoms with Gasteiger partial charge in [0, 0.05) is 17.9 Å². The number of carbonyl (C=O) groups is 1. The van der Waals surface area contributed by atoms with Crippen LogP contribution in [0.25, 0.3) is 0 Å². The highest BCUT2D eigenvalue weighted by molar-refractivity contribution is 7.99. The van der Waals surface area contributed by atoms with Gasteiger partial charge in [-0.3, -0.25) is 4.79 Å². The lowest BCUT2D eigenvalue weighted by atomic mass is 9.92. The molecular weight excluding hydrogens is 382 g/mol. The van der Waals surface area contributed by atoms with E-state index in [0.717, 1.165) is 23.7 Å². The lowest BCUT2D eigenvalue weighted by Crippen LogP contribution is -2.17. The highest BCUT2D eigenvalue weighted by atomic mass is 32.2. The number of thioether (sulfide) groups is 1. The topological polar surface area (TPSA) is 72.7 Å². The summed E-state index contributed by atoms with van der Waals surface area (Å²) in [6.07, 6.45) is 6.50. The molecule has 0 unspecified atom stereocenters. The smallest absolute Gasteiger partial charge is 0.225 e. The molecule has 3 rings (SSSR count). The summed E-state index contributed by atoms with van der Waals surface area (Å²) in [4.78, 5) is 12.7. The fourth-order valence-corrected chi connectivity index (χ4v) is 4.85. The van der Waals surface area contributed by atoms with Crippen LogP contribution in [0, 0.1) is 0 Å². The minimum Gasteiger partial charge on any atom is -0.326 e. The Morgan fingerprint density at radius 3 is 2.41 bits per heavy atom. The Balaban J connectivity index is 1.60. The van der Waals surface area contributed by atoms with Crippen LogP contribution in [0.3, 0.4) is 0 Å². The number of amides is 1. The number of rotatable bonds is 8. The SMILES string of the molecule is CC(C)c1cccc(C(C)C)c1NC(=O)CCSc1nnnn1C1CCCCC1. The molecule has 7 heteroatoms. The van der Waals surface area contributed by atoms with E-state index in [9.17, 15) is 4.79 Å². The predicted molar refractivity (Wildman–Crippen MR) is 119 cm³/mol. The van der Waals surface area contributed by atoms with E-state index in [-0.39, 0.29) is 5.91 Å². The van der Waals surface area contributed by atoms with Crippen molar-refractivity contribution in [1.82, 2.24) is 20.2 Å². The van der Waals surface area contributed by atoms with Crippen LogP contribution in [-0.4, -0.2) is 31.9 Å². The van der Waals surface area contributed by atoms with Crippen molar-refractivity contribution < 1.29 is 4.79 Å². The van der Waals surface area contributed by atoms with Crippen LogP contribution in [0.4, 0.5) is 5.69 Å². The number of tetrazole rings is 1. The van der Waals surface area contributed by atoms with E-state index in [1.54, 1.807) is 11.8 Å². The molecular formula is C22H33N5OS. The second-order valence-electron chi connectivity index (χ2n) is 8.47. The normalized spacial score (nSPS) is 15.2. The molecule has 2 aromatic rings. The average molecular weight is 416 g/mol. The van der Waals surface area contributed by atoms with Gasteiger partial charge < -0.3 is 5.32 Å². The van der Waals surface area contributed by atoms with Gasteiger partial charge in [-0.05, 0) is 46.2 Å². The molecule has 0 saturated heterocycles. The Labute approximate surface area is 178 Å². The Hall–Kier alpha value is -1.89. The number of nitrogens with zero attached hydrogens (tertiary/aromatic N) is 4. The van der Waals surface area contributed by atoms with E-state index < -0.39 is 0 Å². The highest BCUT2D eigenvalue weighted by Gasteiger charge is 2.21. The third kappa shape index (κ3) is 5.59. The van der Waals surface area contributed by atoms with Gasteiger partial charge in [-0.15, -0.1) is 5.10 Å². The summed E-state index contributed by atoms with van der Waals surface area (Å²) in [6.45, 7) is 8.65. The number of para-hydroxylation sites is 1. The molecule has 1 N–H and O–H groups in total. The second kappa shape index (κ2) is 10.2. The fourth-order valence-electron chi connectivity index (χ4n) is 3.97. The zero-order valence-electron chi connectivity index (χ0n) is 18.0. The first kappa shape index (κ1) is 21.8. The Kier molecular flexibility index (Phi) is 7.70. The first-order valence-corrected chi connectivity index (χ1v) is 11.8. The van der Waals surface area contributed by atoms with Crippen LogP contribution in [0.15, 0.2) is 23.4 Å². The molecule has 1 saturated carbocycles. The monoisotopic (exact) mass is 415 g/mol. The molecule has 1 fully saturated rings. The summed E-state index contributed by atoms with van der Waals surface area (Å²) in [5.74, 6) is 1.43. The standard InChI is InChI=1S/C22H33N5OS/c1-15(2)18-11-8-12-19(16(3)4)21(18)23-20(28)13-14-29-22-24-25-26-27(22)17-9-6-5-7-10-17/h8,11-12,15-17H,5-7,9-10,13-14H2,1-4H3,(H,23,28). The van der Waals surface area contributed by atoms with Crippen molar-refractivity contribution in [2.75, 3.05) is 11.1 Å². The van der Waals surface area contributed by atoms with Crippen molar-refractivity contribution in [2.24, 2.45) is 0 Å². The zero-order chi connectivity index (χ0) is 20.8. The molecule has 0 radical (unpaired) electrons. The number of hydrogen-bond acceptors (Lipinski definition) is 5. The van der Waals surface area contributed by atoms with E-state index in [4.69, 9.17) is 0 Å². The summed E-state index contributed by atoms with van der Waals surface area (Å²) in [6, 6.07) is 6.71. The first-order chi connectivity index (χ1) is 14.0. The molecule has 1 heterocycles. The van der Waals surface area contributed by atoms with Gasteiger partial charge in [0.1, 0.15) is 0 Å². The molecule has 0 bridgehead atoms. The van der Waals surface area contributed by atoms with Gasteiger partial charge in [-0.25, -0.2) is 4.68 Å². The summed E-state index contributed by atoms with van der Waals surface area (Å²) in [5.41, 5.74) is 3.37. The van der Waals surface area contributed by atoms with Crippen LogP contribution >= 0.6 is 11.8 Å².